The molecular weight excluding hydrogens is 186 g/mol. The molecule has 0 aromatic heterocycles. The molecule has 2 rings (SSSR count). The van der Waals surface area contributed by atoms with E-state index in [0.29, 0.717) is 0 Å². The molecular formula is C13H17NO. The van der Waals surface area contributed by atoms with Crippen molar-refractivity contribution in [3.63, 3.8) is 0 Å². The van der Waals surface area contributed by atoms with E-state index in [2.05, 4.69) is 25.1 Å². The van der Waals surface area contributed by atoms with Gasteiger partial charge in [0, 0.05) is 17.5 Å². The minimum atomic E-state index is 0.251. The summed E-state index contributed by atoms with van der Waals surface area (Å²) in [5.41, 5.74) is 2.34. The molecule has 1 aliphatic carbocycles. The van der Waals surface area contributed by atoms with Crippen molar-refractivity contribution in [3.05, 3.63) is 35.4 Å². The Morgan fingerprint density at radius 3 is 2.53 bits per heavy atom. The van der Waals surface area contributed by atoms with Gasteiger partial charge in [0.1, 0.15) is 6.29 Å². The number of aldehydes is 1. The van der Waals surface area contributed by atoms with Crippen molar-refractivity contribution < 1.29 is 4.79 Å². The molecule has 0 radical (unpaired) electrons. The lowest BCUT2D eigenvalue weighted by atomic mass is 9.91. The largest absolute Gasteiger partial charge is 0.309 e. The molecule has 1 aromatic carbocycles. The van der Waals surface area contributed by atoms with Gasteiger partial charge in [-0.3, -0.25) is 4.79 Å². The molecule has 1 aromatic rings. The molecule has 1 aliphatic rings. The van der Waals surface area contributed by atoms with Crippen molar-refractivity contribution in [2.45, 2.75) is 18.3 Å². The Hall–Kier alpha value is -1.15. The highest BCUT2D eigenvalue weighted by Crippen LogP contribution is 2.49. The van der Waals surface area contributed by atoms with Crippen LogP contribution in [0.3, 0.4) is 0 Å². The highest BCUT2D eigenvalue weighted by molar-refractivity contribution is 5.78. The van der Waals surface area contributed by atoms with Crippen molar-refractivity contribution in [2.24, 2.45) is 0 Å². The van der Waals surface area contributed by atoms with Crippen molar-refractivity contribution >= 4 is 6.29 Å². The number of hydrogen-bond donors (Lipinski definition) is 0. The summed E-state index contributed by atoms with van der Waals surface area (Å²) in [5, 5.41) is 0. The first kappa shape index (κ1) is 10.4. The van der Waals surface area contributed by atoms with Crippen molar-refractivity contribution in [2.75, 3.05) is 20.6 Å². The quantitative estimate of drug-likeness (QED) is 0.698. The van der Waals surface area contributed by atoms with E-state index in [9.17, 15) is 4.79 Å². The van der Waals surface area contributed by atoms with Gasteiger partial charge in [-0.2, -0.15) is 0 Å². The molecule has 0 unspecified atom stereocenters. The van der Waals surface area contributed by atoms with Crippen LogP contribution in [0.25, 0.3) is 0 Å². The summed E-state index contributed by atoms with van der Waals surface area (Å²) in [5.74, 6) is 0. The lowest BCUT2D eigenvalue weighted by molar-refractivity contribution is 0.112. The summed E-state index contributed by atoms with van der Waals surface area (Å²) in [6.45, 7) is 1.04. The van der Waals surface area contributed by atoms with Crippen molar-refractivity contribution in [3.8, 4) is 0 Å². The summed E-state index contributed by atoms with van der Waals surface area (Å²) < 4.78 is 0. The van der Waals surface area contributed by atoms with Crippen LogP contribution in [0.2, 0.25) is 0 Å². The van der Waals surface area contributed by atoms with Crippen LogP contribution >= 0.6 is 0 Å². The lowest BCUT2D eigenvalue weighted by Crippen LogP contribution is -2.26. The molecule has 80 valence electrons. The van der Waals surface area contributed by atoms with E-state index in [4.69, 9.17) is 0 Å². The number of rotatable bonds is 4. The fraction of sp³-hybridized carbons (Fsp3) is 0.462. The Morgan fingerprint density at radius 1 is 1.33 bits per heavy atom. The number of carbonyl (C=O) groups is 1. The maximum atomic E-state index is 11.0. The zero-order valence-electron chi connectivity index (χ0n) is 9.36. The molecule has 0 amide bonds. The third-order valence-corrected chi connectivity index (χ3v) is 3.13. The molecule has 0 atom stereocenters. The zero-order valence-corrected chi connectivity index (χ0v) is 9.36. The fourth-order valence-electron chi connectivity index (χ4n) is 2.35. The van der Waals surface area contributed by atoms with E-state index in [-0.39, 0.29) is 5.41 Å². The Morgan fingerprint density at radius 2 is 2.00 bits per heavy atom. The SMILES string of the molecule is CN(C)CC1(c2ccccc2C=O)CC1. The fourth-order valence-corrected chi connectivity index (χ4v) is 2.35. The predicted molar refractivity (Wildman–Crippen MR) is 61.3 cm³/mol. The average Bonchev–Trinajstić information content (AvgIpc) is 2.98. The van der Waals surface area contributed by atoms with Crippen LogP contribution < -0.4 is 0 Å². The average molecular weight is 203 g/mol. The standard InChI is InChI=1S/C13H17NO/c1-14(2)10-13(7-8-13)12-6-4-3-5-11(12)9-15/h3-6,9H,7-8,10H2,1-2H3. The normalized spacial score (nSPS) is 17.8. The number of likely N-dealkylation sites (N-methyl/N-ethyl adjacent to an activating group) is 1. The molecule has 0 bridgehead atoms. The summed E-state index contributed by atoms with van der Waals surface area (Å²) in [7, 11) is 4.17. The first-order chi connectivity index (χ1) is 7.18. The van der Waals surface area contributed by atoms with Gasteiger partial charge in [-0.05, 0) is 32.5 Å². The van der Waals surface area contributed by atoms with Gasteiger partial charge in [-0.1, -0.05) is 24.3 Å². The number of nitrogens with zero attached hydrogens (tertiary/aromatic N) is 1. The molecule has 0 spiro atoms. The van der Waals surface area contributed by atoms with E-state index >= 15 is 0 Å². The maximum absolute atomic E-state index is 11.0. The molecule has 0 N–H and O–H groups in total. The third-order valence-electron chi connectivity index (χ3n) is 3.13. The summed E-state index contributed by atoms with van der Waals surface area (Å²) in [6.07, 6.45) is 3.39. The molecule has 1 saturated carbocycles. The topological polar surface area (TPSA) is 20.3 Å². The summed E-state index contributed by atoms with van der Waals surface area (Å²) >= 11 is 0. The second-order valence-electron chi connectivity index (χ2n) is 4.72. The molecule has 0 aliphatic heterocycles. The van der Waals surface area contributed by atoms with Gasteiger partial charge in [-0.15, -0.1) is 0 Å². The smallest absolute Gasteiger partial charge is 0.150 e. The van der Waals surface area contributed by atoms with Crippen LogP contribution in [-0.4, -0.2) is 31.8 Å². The first-order valence-electron chi connectivity index (χ1n) is 5.37. The highest BCUT2D eigenvalue weighted by atomic mass is 16.1. The predicted octanol–water partition coefficient (Wildman–Crippen LogP) is 2.09. The second kappa shape index (κ2) is 3.78. The Bertz CT molecular complexity index is 367. The number of carbonyl (C=O) groups excluding carboxylic acids is 1. The summed E-state index contributed by atoms with van der Waals surface area (Å²) in [4.78, 5) is 13.2. The van der Waals surface area contributed by atoms with Crippen molar-refractivity contribution in [1.29, 1.82) is 0 Å². The minimum absolute atomic E-state index is 0.251. The van der Waals surface area contributed by atoms with E-state index in [1.807, 2.05) is 18.2 Å². The first-order valence-corrected chi connectivity index (χ1v) is 5.37. The van der Waals surface area contributed by atoms with Crippen molar-refractivity contribution in [1.82, 2.24) is 4.90 Å². The number of hydrogen-bond acceptors (Lipinski definition) is 2. The Balaban J connectivity index is 2.32. The zero-order chi connectivity index (χ0) is 10.9. The minimum Gasteiger partial charge on any atom is -0.309 e. The molecule has 2 nitrogen and oxygen atoms in total. The van der Waals surface area contributed by atoms with Crippen LogP contribution in [0, 0.1) is 0 Å². The van der Waals surface area contributed by atoms with E-state index in [0.717, 1.165) is 18.4 Å². The van der Waals surface area contributed by atoms with Gasteiger partial charge in [0.05, 0.1) is 0 Å². The molecule has 15 heavy (non-hydrogen) atoms. The van der Waals surface area contributed by atoms with Crippen LogP contribution in [0.1, 0.15) is 28.8 Å². The molecule has 0 saturated heterocycles. The second-order valence-corrected chi connectivity index (χ2v) is 4.72. The van der Waals surface area contributed by atoms with Crippen LogP contribution in [-0.2, 0) is 5.41 Å². The lowest BCUT2D eigenvalue weighted by Gasteiger charge is -2.21. The van der Waals surface area contributed by atoms with Crippen LogP contribution in [0.4, 0.5) is 0 Å². The highest BCUT2D eigenvalue weighted by Gasteiger charge is 2.45. The van der Waals surface area contributed by atoms with Crippen LogP contribution in [0.15, 0.2) is 24.3 Å². The monoisotopic (exact) mass is 203 g/mol. The van der Waals surface area contributed by atoms with Gasteiger partial charge in [0.2, 0.25) is 0 Å². The maximum Gasteiger partial charge on any atom is 0.150 e. The number of benzene rings is 1. The van der Waals surface area contributed by atoms with E-state index in [1.54, 1.807) is 0 Å². The van der Waals surface area contributed by atoms with Gasteiger partial charge >= 0.3 is 0 Å². The third kappa shape index (κ3) is 1.95. The molecule has 0 heterocycles. The molecule has 1 fully saturated rings. The van der Waals surface area contributed by atoms with Gasteiger partial charge < -0.3 is 4.90 Å². The van der Waals surface area contributed by atoms with E-state index in [1.165, 1.54) is 18.4 Å². The Labute approximate surface area is 90.9 Å². The van der Waals surface area contributed by atoms with Gasteiger partial charge in [0.15, 0.2) is 0 Å². The summed E-state index contributed by atoms with van der Waals surface area (Å²) in [6, 6.07) is 7.97. The van der Waals surface area contributed by atoms with Gasteiger partial charge in [-0.25, -0.2) is 0 Å². The van der Waals surface area contributed by atoms with Gasteiger partial charge in [0.25, 0.3) is 0 Å². The van der Waals surface area contributed by atoms with Crippen LogP contribution in [0.5, 0.6) is 0 Å². The Kier molecular flexibility index (Phi) is 2.61. The molecule has 2 heteroatoms. The van der Waals surface area contributed by atoms with E-state index < -0.39 is 0 Å².